The van der Waals surface area contributed by atoms with E-state index in [9.17, 15) is 39.6 Å². The molecule has 0 radical (unpaired) electrons. The average molecular weight is 817 g/mol. The number of benzene rings is 2. The minimum atomic E-state index is -10.7. The Balaban J connectivity index is 0.000000811. The van der Waals surface area contributed by atoms with E-state index in [1.54, 1.807) is 0 Å². The normalized spacial score (nSPS) is 21.1. The molecule has 2 aromatic carbocycles. The van der Waals surface area contributed by atoms with Crippen LogP contribution < -0.4 is 10.2 Å². The van der Waals surface area contributed by atoms with Crippen LogP contribution in [-0.2, 0) is 25.2 Å². The minimum absolute atomic E-state index is 0.0321. The number of hydrogen-bond donors (Lipinski definition) is 1. The third-order valence-corrected chi connectivity index (χ3v) is 10.8. The summed E-state index contributed by atoms with van der Waals surface area (Å²) in [6, 6.07) is 17.4. The molecular formula is C43H51F6N4O3P. The molecule has 0 saturated heterocycles. The molecule has 57 heavy (non-hydrogen) atoms. The summed E-state index contributed by atoms with van der Waals surface area (Å²) in [4.78, 5) is 39.4. The molecule has 1 N–H and O–H groups in total. The van der Waals surface area contributed by atoms with Crippen LogP contribution in [0.2, 0.25) is 0 Å². The van der Waals surface area contributed by atoms with Gasteiger partial charge in [-0.05, 0) is 74.8 Å². The number of imide groups is 1. The first-order chi connectivity index (χ1) is 26.4. The predicted octanol–water partition coefficient (Wildman–Crippen LogP) is 11.0. The van der Waals surface area contributed by atoms with E-state index < -0.39 is 7.81 Å². The van der Waals surface area contributed by atoms with Crippen molar-refractivity contribution in [3.63, 3.8) is 0 Å². The average Bonchev–Trinajstić information content (AvgIpc) is 3.63. The van der Waals surface area contributed by atoms with Crippen molar-refractivity contribution in [1.82, 2.24) is 10.2 Å². The van der Waals surface area contributed by atoms with Gasteiger partial charge in [-0.1, -0.05) is 74.9 Å². The number of nitrogens with zero attached hydrogens (tertiary/aromatic N) is 3. The van der Waals surface area contributed by atoms with E-state index in [4.69, 9.17) is 0 Å². The number of amides is 3. The number of fused-ring (bicyclic) bond motifs is 2. The summed E-state index contributed by atoms with van der Waals surface area (Å²) in [6.07, 6.45) is 20.7. The van der Waals surface area contributed by atoms with Gasteiger partial charge >= 0.3 is 33.0 Å². The van der Waals surface area contributed by atoms with E-state index in [0.29, 0.717) is 6.42 Å². The Morgan fingerprint density at radius 1 is 0.789 bits per heavy atom. The number of nitrogens with one attached hydrogen (secondary N) is 1. The number of rotatable bonds is 12. The quantitative estimate of drug-likeness (QED) is 0.0761. The van der Waals surface area contributed by atoms with Crippen LogP contribution in [0, 0.1) is 0 Å². The number of allylic oxidation sites excluding steroid dienone is 8. The summed E-state index contributed by atoms with van der Waals surface area (Å²) >= 11 is 0. The molecule has 0 atom stereocenters. The molecule has 0 aromatic heterocycles. The van der Waals surface area contributed by atoms with E-state index in [1.807, 2.05) is 0 Å². The second-order valence-corrected chi connectivity index (χ2v) is 17.8. The zero-order valence-corrected chi connectivity index (χ0v) is 33.9. The van der Waals surface area contributed by atoms with Gasteiger partial charge in [-0.15, -0.1) is 0 Å². The first-order valence-corrected chi connectivity index (χ1v) is 21.2. The van der Waals surface area contributed by atoms with E-state index in [0.717, 1.165) is 50.0 Å². The third kappa shape index (κ3) is 11.4. The molecule has 0 spiro atoms. The van der Waals surface area contributed by atoms with Gasteiger partial charge < -0.3 is 10.2 Å². The van der Waals surface area contributed by atoms with Crippen molar-refractivity contribution in [1.29, 1.82) is 0 Å². The fourth-order valence-corrected chi connectivity index (χ4v) is 7.98. The fraction of sp³-hybridized carbons (Fsp3) is 0.395. The van der Waals surface area contributed by atoms with Crippen molar-refractivity contribution in [2.24, 2.45) is 0 Å². The van der Waals surface area contributed by atoms with E-state index in [-0.39, 0.29) is 41.6 Å². The van der Waals surface area contributed by atoms with Gasteiger partial charge in [-0.25, -0.2) is 0 Å². The standard InChI is InChI=1S/C43H50N4O3.F6P/c1-42(2)33-16-8-10-18-35(33)45(5)37(42)23-21-31-14-13-15-32(30-31)22-24-38-43(3,4)34-17-9-11-19-36(34)46(38)28-12-6-7-20-39(48)44-27-29-47-40(49)25-26-41(47)50;1-7(2,3,4,5)6/h8-11,16-19,21-26,30H,6-7,12-15,20,27-29H2,1-5H3;/q;-1/p+1. The molecule has 0 bridgehead atoms. The van der Waals surface area contributed by atoms with Crippen LogP contribution in [0.15, 0.2) is 108 Å². The zero-order valence-electron chi connectivity index (χ0n) is 33.0. The summed E-state index contributed by atoms with van der Waals surface area (Å²) < 4.78 is 61.5. The van der Waals surface area contributed by atoms with Gasteiger partial charge in [0.2, 0.25) is 11.6 Å². The maximum atomic E-state index is 12.4. The summed E-state index contributed by atoms with van der Waals surface area (Å²) in [7, 11) is -8.48. The number of hydrogen-bond acceptors (Lipinski definition) is 4. The molecule has 3 amide bonds. The molecule has 2 aromatic rings. The Bertz CT molecular complexity index is 2090. The van der Waals surface area contributed by atoms with Crippen molar-refractivity contribution >= 4 is 42.6 Å². The molecule has 0 saturated carbocycles. The predicted molar refractivity (Wildman–Crippen MR) is 215 cm³/mol. The number of carbonyl (C=O) groups is 3. The molecule has 6 rings (SSSR count). The molecule has 14 heteroatoms. The van der Waals surface area contributed by atoms with Crippen LogP contribution >= 0.6 is 7.81 Å². The molecule has 4 aliphatic rings. The fourth-order valence-electron chi connectivity index (χ4n) is 7.98. The van der Waals surface area contributed by atoms with E-state index >= 15 is 0 Å². The number of anilines is 1. The van der Waals surface area contributed by atoms with Gasteiger partial charge in [-0.3, -0.25) is 19.3 Å². The molecule has 3 aliphatic heterocycles. The van der Waals surface area contributed by atoms with Gasteiger partial charge in [0, 0.05) is 72.7 Å². The first-order valence-electron chi connectivity index (χ1n) is 19.2. The molecule has 308 valence electrons. The van der Waals surface area contributed by atoms with Gasteiger partial charge in [0.05, 0.1) is 5.41 Å². The maximum absolute atomic E-state index is 12.4. The van der Waals surface area contributed by atoms with Crippen LogP contribution in [0.4, 0.5) is 36.6 Å². The Morgan fingerprint density at radius 2 is 1.42 bits per heavy atom. The molecule has 7 nitrogen and oxygen atoms in total. The van der Waals surface area contributed by atoms with Gasteiger partial charge in [0.15, 0.2) is 5.71 Å². The van der Waals surface area contributed by atoms with Crippen LogP contribution in [0.1, 0.15) is 83.8 Å². The number of unbranched alkanes of at least 4 members (excludes halogenated alkanes) is 2. The second-order valence-electron chi connectivity index (χ2n) is 15.9. The van der Waals surface area contributed by atoms with Crippen molar-refractivity contribution in [2.45, 2.75) is 83.5 Å². The SMILES string of the molecule is C[N+]1=C(/C=C/C2=CC(=C/C=C3/N(CCCCCC(=O)NCCN4C(=O)C=CC4=O)c4ccccc4C3(C)C)/CCC2)C(C)(C)c2ccccc21.F[P-](F)(F)(F)(F)F. The molecule has 0 unspecified atom stereocenters. The molecule has 0 fully saturated rings. The summed E-state index contributed by atoms with van der Waals surface area (Å²) in [5, 5.41) is 2.84. The van der Waals surface area contributed by atoms with Crippen LogP contribution in [0.5, 0.6) is 0 Å². The van der Waals surface area contributed by atoms with Crippen molar-refractivity contribution in [2.75, 3.05) is 31.6 Å². The molecule has 1 aliphatic carbocycles. The number of para-hydroxylation sites is 2. The zero-order chi connectivity index (χ0) is 41.9. The van der Waals surface area contributed by atoms with Crippen molar-refractivity contribution in [3.8, 4) is 0 Å². The van der Waals surface area contributed by atoms with Crippen molar-refractivity contribution < 1.29 is 44.1 Å². The summed E-state index contributed by atoms with van der Waals surface area (Å²) in [5.41, 5.74) is 10.5. The Kier molecular flexibility index (Phi) is 12.1. The Morgan fingerprint density at radius 3 is 2.09 bits per heavy atom. The van der Waals surface area contributed by atoms with E-state index in [1.165, 1.54) is 57.2 Å². The summed E-state index contributed by atoms with van der Waals surface area (Å²) in [6.45, 7) is 10.6. The monoisotopic (exact) mass is 816 g/mol. The van der Waals surface area contributed by atoms with Crippen LogP contribution in [0.3, 0.4) is 0 Å². The molecule has 3 heterocycles. The first kappa shape index (κ1) is 43.4. The Labute approximate surface area is 330 Å². The topological polar surface area (TPSA) is 72.7 Å². The number of carbonyl (C=O) groups excluding carboxylic acids is 3. The van der Waals surface area contributed by atoms with Crippen LogP contribution in [-0.4, -0.2) is 59.6 Å². The van der Waals surface area contributed by atoms with Gasteiger partial charge in [0.25, 0.3) is 11.8 Å². The second kappa shape index (κ2) is 15.9. The van der Waals surface area contributed by atoms with Crippen LogP contribution in [0.25, 0.3) is 0 Å². The Hall–Kier alpha value is -4.77. The van der Waals surface area contributed by atoms with E-state index in [2.05, 4.69) is 128 Å². The number of halogens is 6. The van der Waals surface area contributed by atoms with Gasteiger partial charge in [0.1, 0.15) is 7.05 Å². The van der Waals surface area contributed by atoms with Crippen molar-refractivity contribution in [3.05, 3.63) is 119 Å². The third-order valence-electron chi connectivity index (χ3n) is 10.8. The molecular weight excluding hydrogens is 765 g/mol. The summed E-state index contributed by atoms with van der Waals surface area (Å²) in [5.74, 6) is -0.694. The van der Waals surface area contributed by atoms with Gasteiger partial charge in [-0.2, -0.15) is 4.58 Å².